The van der Waals surface area contributed by atoms with Crippen LogP contribution in [0.5, 0.6) is 0 Å². The van der Waals surface area contributed by atoms with E-state index in [0.717, 1.165) is 38.5 Å². The number of carbonyl (C=O) groups is 2. The van der Waals surface area contributed by atoms with Crippen molar-refractivity contribution in [3.05, 3.63) is 0 Å². The molecule has 0 bridgehead atoms. The first kappa shape index (κ1) is 16.1. The molecule has 120 valence electrons. The van der Waals surface area contributed by atoms with Gasteiger partial charge in [-0.3, -0.25) is 0 Å². The molecular weight excluding hydrogens is 268 g/mol. The Labute approximate surface area is 126 Å². The zero-order chi connectivity index (χ0) is 15.5. The fourth-order valence-corrected chi connectivity index (χ4v) is 4.00. The van der Waals surface area contributed by atoms with Gasteiger partial charge in [0.15, 0.2) is 0 Å². The van der Waals surface area contributed by atoms with E-state index >= 15 is 0 Å². The molecule has 0 aromatic heterocycles. The van der Waals surface area contributed by atoms with E-state index in [1.54, 1.807) is 0 Å². The quantitative estimate of drug-likeness (QED) is 0.746. The molecule has 0 heterocycles. The number of hydrogen-bond donors (Lipinski definition) is 3. The van der Waals surface area contributed by atoms with Crippen LogP contribution in [0.3, 0.4) is 0 Å². The summed E-state index contributed by atoms with van der Waals surface area (Å²) >= 11 is 0. The summed E-state index contributed by atoms with van der Waals surface area (Å²) in [6.45, 7) is 4.37. The van der Waals surface area contributed by atoms with E-state index < -0.39 is 11.5 Å². The Kier molecular flexibility index (Phi) is 5.12. The van der Waals surface area contributed by atoms with Crippen molar-refractivity contribution in [1.29, 1.82) is 0 Å². The maximum absolute atomic E-state index is 12.2. The molecule has 2 aliphatic carbocycles. The highest BCUT2D eigenvalue weighted by Crippen LogP contribution is 2.34. The molecule has 3 N–H and O–H groups in total. The summed E-state index contributed by atoms with van der Waals surface area (Å²) in [7, 11) is 0. The standard InChI is InChI=1S/C16H28N2O3/c1-3-12-7-8-13(11(12)2)17-15(21)18-16(14(19)20)9-5-4-6-10-16/h11-13H,3-10H2,1-2H3,(H,19,20)(H2,17,18,21). The van der Waals surface area contributed by atoms with Crippen LogP contribution in [0.25, 0.3) is 0 Å². The van der Waals surface area contributed by atoms with Gasteiger partial charge in [0.25, 0.3) is 0 Å². The lowest BCUT2D eigenvalue weighted by molar-refractivity contribution is -0.145. The molecule has 2 amide bonds. The van der Waals surface area contributed by atoms with Crippen LogP contribution in [0, 0.1) is 11.8 Å². The minimum absolute atomic E-state index is 0.171. The van der Waals surface area contributed by atoms with Crippen LogP contribution in [-0.4, -0.2) is 28.7 Å². The maximum atomic E-state index is 12.2. The molecular formula is C16H28N2O3. The molecule has 3 atom stereocenters. The second kappa shape index (κ2) is 6.67. The van der Waals surface area contributed by atoms with Crippen LogP contribution in [0.15, 0.2) is 0 Å². The summed E-state index contributed by atoms with van der Waals surface area (Å²) in [6, 6.07) is -0.141. The van der Waals surface area contributed by atoms with Gasteiger partial charge in [0.2, 0.25) is 0 Å². The monoisotopic (exact) mass is 296 g/mol. The molecule has 2 fully saturated rings. The molecule has 0 radical (unpaired) electrons. The Balaban J connectivity index is 1.93. The van der Waals surface area contributed by atoms with Crippen molar-refractivity contribution in [2.45, 2.75) is 76.8 Å². The Morgan fingerprint density at radius 2 is 1.86 bits per heavy atom. The number of amides is 2. The largest absolute Gasteiger partial charge is 0.480 e. The summed E-state index contributed by atoms with van der Waals surface area (Å²) < 4.78 is 0. The van der Waals surface area contributed by atoms with E-state index in [1.165, 1.54) is 0 Å². The fourth-order valence-electron chi connectivity index (χ4n) is 4.00. The van der Waals surface area contributed by atoms with E-state index in [2.05, 4.69) is 24.5 Å². The zero-order valence-electron chi connectivity index (χ0n) is 13.2. The lowest BCUT2D eigenvalue weighted by Gasteiger charge is -2.34. The molecule has 5 heteroatoms. The molecule has 21 heavy (non-hydrogen) atoms. The van der Waals surface area contributed by atoms with Gasteiger partial charge >= 0.3 is 12.0 Å². The number of aliphatic carboxylic acids is 1. The molecule has 0 aromatic carbocycles. The number of carbonyl (C=O) groups excluding carboxylic acids is 1. The van der Waals surface area contributed by atoms with Gasteiger partial charge in [-0.1, -0.05) is 39.5 Å². The van der Waals surface area contributed by atoms with Crippen LogP contribution in [0.1, 0.15) is 65.2 Å². The predicted octanol–water partition coefficient (Wildman–Crippen LogP) is 2.90. The number of nitrogens with one attached hydrogen (secondary N) is 2. The van der Waals surface area contributed by atoms with Crippen molar-refractivity contribution in [1.82, 2.24) is 10.6 Å². The SMILES string of the molecule is CCC1CCC(NC(=O)NC2(C(=O)O)CCCCC2)C1C. The fraction of sp³-hybridized carbons (Fsp3) is 0.875. The first-order valence-corrected chi connectivity index (χ1v) is 8.30. The van der Waals surface area contributed by atoms with Crippen LogP contribution >= 0.6 is 0 Å². The van der Waals surface area contributed by atoms with Crippen molar-refractivity contribution in [3.63, 3.8) is 0 Å². The molecule has 2 rings (SSSR count). The van der Waals surface area contributed by atoms with Crippen molar-refractivity contribution in [3.8, 4) is 0 Å². The molecule has 0 aromatic rings. The van der Waals surface area contributed by atoms with Crippen LogP contribution in [-0.2, 0) is 4.79 Å². The second-order valence-electron chi connectivity index (χ2n) is 6.76. The van der Waals surface area contributed by atoms with Crippen molar-refractivity contribution in [2.75, 3.05) is 0 Å². The number of carboxylic acids is 1. The van der Waals surface area contributed by atoms with Gasteiger partial charge < -0.3 is 15.7 Å². The highest BCUT2D eigenvalue weighted by atomic mass is 16.4. The Morgan fingerprint density at radius 3 is 2.38 bits per heavy atom. The van der Waals surface area contributed by atoms with Crippen LogP contribution < -0.4 is 10.6 Å². The Bertz CT molecular complexity index is 391. The van der Waals surface area contributed by atoms with Gasteiger partial charge in [-0.15, -0.1) is 0 Å². The zero-order valence-corrected chi connectivity index (χ0v) is 13.2. The summed E-state index contributed by atoms with van der Waals surface area (Å²) in [5, 5.41) is 15.3. The Morgan fingerprint density at radius 1 is 1.19 bits per heavy atom. The number of carboxylic acid groups (broad SMARTS) is 1. The highest BCUT2D eigenvalue weighted by molar-refractivity contribution is 5.86. The van der Waals surface area contributed by atoms with E-state index in [9.17, 15) is 14.7 Å². The third-order valence-electron chi connectivity index (χ3n) is 5.54. The molecule has 0 spiro atoms. The van der Waals surface area contributed by atoms with Crippen molar-refractivity contribution < 1.29 is 14.7 Å². The van der Waals surface area contributed by atoms with Gasteiger partial charge in [-0.25, -0.2) is 9.59 Å². The van der Waals surface area contributed by atoms with Crippen LogP contribution in [0.4, 0.5) is 4.79 Å². The highest BCUT2D eigenvalue weighted by Gasteiger charge is 2.42. The molecule has 2 saturated carbocycles. The maximum Gasteiger partial charge on any atom is 0.329 e. The van der Waals surface area contributed by atoms with Gasteiger partial charge in [-0.05, 0) is 37.5 Å². The van der Waals surface area contributed by atoms with E-state index in [-0.39, 0.29) is 12.1 Å². The summed E-state index contributed by atoms with van der Waals surface area (Å²) in [4.78, 5) is 23.8. The molecule has 0 saturated heterocycles. The van der Waals surface area contributed by atoms with E-state index in [1.807, 2.05) is 0 Å². The van der Waals surface area contributed by atoms with E-state index in [4.69, 9.17) is 0 Å². The van der Waals surface area contributed by atoms with E-state index in [0.29, 0.717) is 24.7 Å². The van der Waals surface area contributed by atoms with Gasteiger partial charge in [-0.2, -0.15) is 0 Å². The topological polar surface area (TPSA) is 78.4 Å². The van der Waals surface area contributed by atoms with Crippen molar-refractivity contribution in [2.24, 2.45) is 11.8 Å². The normalized spacial score (nSPS) is 31.6. The minimum Gasteiger partial charge on any atom is -0.480 e. The number of hydrogen-bond acceptors (Lipinski definition) is 2. The predicted molar refractivity (Wildman–Crippen MR) is 81.1 cm³/mol. The van der Waals surface area contributed by atoms with Crippen LogP contribution in [0.2, 0.25) is 0 Å². The first-order valence-electron chi connectivity index (χ1n) is 8.30. The average Bonchev–Trinajstić information content (AvgIpc) is 2.80. The third-order valence-corrected chi connectivity index (χ3v) is 5.54. The molecule has 2 aliphatic rings. The van der Waals surface area contributed by atoms with Gasteiger partial charge in [0.05, 0.1) is 0 Å². The average molecular weight is 296 g/mol. The Hall–Kier alpha value is -1.26. The molecule has 5 nitrogen and oxygen atoms in total. The number of urea groups is 1. The first-order chi connectivity index (χ1) is 9.98. The van der Waals surface area contributed by atoms with Gasteiger partial charge in [0, 0.05) is 6.04 Å². The third kappa shape index (κ3) is 3.50. The van der Waals surface area contributed by atoms with Crippen molar-refractivity contribution >= 4 is 12.0 Å². The lowest BCUT2D eigenvalue weighted by atomic mass is 9.82. The smallest absolute Gasteiger partial charge is 0.329 e. The lowest BCUT2D eigenvalue weighted by Crippen LogP contribution is -2.59. The second-order valence-corrected chi connectivity index (χ2v) is 6.76. The summed E-state index contributed by atoms with van der Waals surface area (Å²) in [5.74, 6) is 0.231. The molecule has 0 aliphatic heterocycles. The minimum atomic E-state index is -1.06. The molecule has 3 unspecified atom stereocenters. The number of rotatable bonds is 4. The summed E-state index contributed by atoms with van der Waals surface area (Å²) in [5.41, 5.74) is -1.06. The summed E-state index contributed by atoms with van der Waals surface area (Å²) in [6.07, 6.45) is 7.13. The van der Waals surface area contributed by atoms with Gasteiger partial charge in [0.1, 0.15) is 5.54 Å².